The summed E-state index contributed by atoms with van der Waals surface area (Å²) in [6.45, 7) is 5.90. The van der Waals surface area contributed by atoms with Crippen LogP contribution < -0.4 is 0 Å². The summed E-state index contributed by atoms with van der Waals surface area (Å²) in [4.78, 5) is 0. The smallest absolute Gasteiger partial charge is 0.106 e. The molecule has 0 bridgehead atoms. The molecule has 0 aliphatic heterocycles. The molecule has 2 heteroatoms. The van der Waals surface area contributed by atoms with Gasteiger partial charge in [-0.15, -0.1) is 0 Å². The Labute approximate surface area is 73.9 Å². The lowest BCUT2D eigenvalue weighted by Crippen LogP contribution is -2.41. The molecule has 0 aromatic heterocycles. The van der Waals surface area contributed by atoms with Crippen LogP contribution in [0.3, 0.4) is 0 Å². The van der Waals surface area contributed by atoms with Crippen molar-refractivity contribution in [2.75, 3.05) is 0 Å². The monoisotopic (exact) mass is 170 g/mol. The fourth-order valence-corrected chi connectivity index (χ4v) is 1.50. The number of hydrogen-bond acceptors (Lipinski definition) is 2. The number of allylic oxidation sites excluding steroid dienone is 1. The van der Waals surface area contributed by atoms with Crippen molar-refractivity contribution >= 4 is 0 Å². The van der Waals surface area contributed by atoms with Gasteiger partial charge in [-0.2, -0.15) is 0 Å². The van der Waals surface area contributed by atoms with E-state index in [1.54, 1.807) is 13.0 Å². The molecule has 3 unspecified atom stereocenters. The van der Waals surface area contributed by atoms with Gasteiger partial charge in [0.1, 0.15) is 5.60 Å². The zero-order chi connectivity index (χ0) is 9.35. The SMILES string of the molecule is CC(C)C1C=CC(C)(O)C(O)C1. The number of rotatable bonds is 1. The van der Waals surface area contributed by atoms with E-state index in [9.17, 15) is 10.2 Å². The van der Waals surface area contributed by atoms with Gasteiger partial charge >= 0.3 is 0 Å². The van der Waals surface area contributed by atoms with Gasteiger partial charge in [0, 0.05) is 0 Å². The minimum absolute atomic E-state index is 0.403. The van der Waals surface area contributed by atoms with E-state index in [2.05, 4.69) is 13.8 Å². The first-order valence-electron chi connectivity index (χ1n) is 4.53. The van der Waals surface area contributed by atoms with Crippen molar-refractivity contribution in [1.29, 1.82) is 0 Å². The molecule has 70 valence electrons. The molecular weight excluding hydrogens is 152 g/mol. The summed E-state index contributed by atoms with van der Waals surface area (Å²) >= 11 is 0. The summed E-state index contributed by atoms with van der Waals surface area (Å²) in [6, 6.07) is 0. The predicted molar refractivity (Wildman–Crippen MR) is 48.7 cm³/mol. The third-order valence-electron chi connectivity index (χ3n) is 2.71. The second-order valence-electron chi connectivity index (χ2n) is 4.24. The van der Waals surface area contributed by atoms with Crippen molar-refractivity contribution in [2.45, 2.75) is 38.9 Å². The van der Waals surface area contributed by atoms with Crippen molar-refractivity contribution in [2.24, 2.45) is 11.8 Å². The first-order valence-corrected chi connectivity index (χ1v) is 4.53. The molecule has 0 spiro atoms. The summed E-state index contributed by atoms with van der Waals surface area (Å²) in [5.41, 5.74) is -1.02. The molecule has 0 heterocycles. The minimum atomic E-state index is -1.02. The highest BCUT2D eigenvalue weighted by Crippen LogP contribution is 2.29. The van der Waals surface area contributed by atoms with Gasteiger partial charge in [0.05, 0.1) is 6.10 Å². The van der Waals surface area contributed by atoms with Crippen LogP contribution in [0.25, 0.3) is 0 Å². The molecule has 0 aromatic carbocycles. The molecule has 1 aliphatic rings. The lowest BCUT2D eigenvalue weighted by Gasteiger charge is -2.34. The second kappa shape index (κ2) is 3.19. The normalized spacial score (nSPS) is 42.2. The fourth-order valence-electron chi connectivity index (χ4n) is 1.50. The first-order chi connectivity index (χ1) is 5.43. The summed E-state index contributed by atoms with van der Waals surface area (Å²) in [6.07, 6.45) is 3.78. The molecule has 1 rings (SSSR count). The van der Waals surface area contributed by atoms with Gasteiger partial charge in [-0.1, -0.05) is 26.0 Å². The molecule has 0 saturated carbocycles. The van der Waals surface area contributed by atoms with Crippen LogP contribution in [0.1, 0.15) is 27.2 Å². The van der Waals surface area contributed by atoms with Crippen molar-refractivity contribution in [3.05, 3.63) is 12.2 Å². The third-order valence-corrected chi connectivity index (χ3v) is 2.71. The van der Waals surface area contributed by atoms with E-state index in [0.29, 0.717) is 18.3 Å². The van der Waals surface area contributed by atoms with E-state index in [0.717, 1.165) is 0 Å². The Bertz CT molecular complexity index is 182. The van der Waals surface area contributed by atoms with Crippen LogP contribution in [-0.2, 0) is 0 Å². The van der Waals surface area contributed by atoms with Gasteiger partial charge in [-0.05, 0) is 25.2 Å². The fraction of sp³-hybridized carbons (Fsp3) is 0.800. The van der Waals surface area contributed by atoms with Gasteiger partial charge in [-0.25, -0.2) is 0 Å². The standard InChI is InChI=1S/C10H18O2/c1-7(2)8-4-5-10(3,12)9(11)6-8/h4-5,7-9,11-12H,6H2,1-3H3. The van der Waals surface area contributed by atoms with E-state index >= 15 is 0 Å². The van der Waals surface area contributed by atoms with Crippen molar-refractivity contribution in [1.82, 2.24) is 0 Å². The molecule has 12 heavy (non-hydrogen) atoms. The number of aliphatic hydroxyl groups excluding tert-OH is 1. The van der Waals surface area contributed by atoms with E-state index in [1.165, 1.54) is 0 Å². The Morgan fingerprint density at radius 3 is 2.50 bits per heavy atom. The van der Waals surface area contributed by atoms with Crippen LogP contribution in [-0.4, -0.2) is 21.9 Å². The van der Waals surface area contributed by atoms with Gasteiger partial charge < -0.3 is 10.2 Å². The van der Waals surface area contributed by atoms with Crippen LogP contribution in [0, 0.1) is 11.8 Å². The zero-order valence-electron chi connectivity index (χ0n) is 7.99. The molecule has 2 nitrogen and oxygen atoms in total. The molecular formula is C10H18O2. The molecule has 1 aliphatic carbocycles. The molecule has 3 atom stereocenters. The van der Waals surface area contributed by atoms with Crippen LogP contribution in [0.2, 0.25) is 0 Å². The molecule has 0 aromatic rings. The molecule has 0 fully saturated rings. The van der Waals surface area contributed by atoms with Crippen molar-refractivity contribution in [3.8, 4) is 0 Å². The molecule has 2 N–H and O–H groups in total. The summed E-state index contributed by atoms with van der Waals surface area (Å²) in [5.74, 6) is 0.937. The summed E-state index contributed by atoms with van der Waals surface area (Å²) in [5, 5.41) is 19.2. The van der Waals surface area contributed by atoms with Gasteiger partial charge in [-0.3, -0.25) is 0 Å². The zero-order valence-corrected chi connectivity index (χ0v) is 7.99. The first kappa shape index (κ1) is 9.75. The highest BCUT2D eigenvalue weighted by atomic mass is 16.3. The minimum Gasteiger partial charge on any atom is -0.390 e. The lowest BCUT2D eigenvalue weighted by atomic mass is 9.79. The number of aliphatic hydroxyl groups is 2. The Morgan fingerprint density at radius 2 is 2.08 bits per heavy atom. The summed E-state index contributed by atoms with van der Waals surface area (Å²) in [7, 11) is 0. The molecule has 0 saturated heterocycles. The van der Waals surface area contributed by atoms with E-state index in [-0.39, 0.29) is 0 Å². The Kier molecular flexibility index (Phi) is 2.59. The van der Waals surface area contributed by atoms with Crippen molar-refractivity contribution in [3.63, 3.8) is 0 Å². The van der Waals surface area contributed by atoms with E-state index in [1.807, 2.05) is 6.08 Å². The highest BCUT2D eigenvalue weighted by molar-refractivity contribution is 5.10. The van der Waals surface area contributed by atoms with Gasteiger partial charge in [0.2, 0.25) is 0 Å². The maximum atomic E-state index is 9.61. The summed E-state index contributed by atoms with van der Waals surface area (Å²) < 4.78 is 0. The van der Waals surface area contributed by atoms with Crippen LogP contribution >= 0.6 is 0 Å². The maximum absolute atomic E-state index is 9.61. The highest BCUT2D eigenvalue weighted by Gasteiger charge is 2.33. The molecule has 0 amide bonds. The average molecular weight is 170 g/mol. The predicted octanol–water partition coefficient (Wildman–Crippen LogP) is 1.33. The van der Waals surface area contributed by atoms with Crippen LogP contribution in [0.15, 0.2) is 12.2 Å². The number of hydrogen-bond donors (Lipinski definition) is 2. The largest absolute Gasteiger partial charge is 0.390 e. The maximum Gasteiger partial charge on any atom is 0.106 e. The second-order valence-corrected chi connectivity index (χ2v) is 4.24. The molecule has 0 radical (unpaired) electrons. The van der Waals surface area contributed by atoms with E-state index in [4.69, 9.17) is 0 Å². The van der Waals surface area contributed by atoms with Gasteiger partial charge in [0.25, 0.3) is 0 Å². The lowest BCUT2D eigenvalue weighted by molar-refractivity contribution is -0.0447. The van der Waals surface area contributed by atoms with Crippen LogP contribution in [0.4, 0.5) is 0 Å². The third kappa shape index (κ3) is 1.87. The quantitative estimate of drug-likeness (QED) is 0.583. The van der Waals surface area contributed by atoms with Gasteiger partial charge in [0.15, 0.2) is 0 Å². The van der Waals surface area contributed by atoms with Crippen molar-refractivity contribution < 1.29 is 10.2 Å². The Balaban J connectivity index is 2.70. The average Bonchev–Trinajstić information content (AvgIpc) is 1.94. The Morgan fingerprint density at radius 1 is 1.50 bits per heavy atom. The topological polar surface area (TPSA) is 40.5 Å². The Hall–Kier alpha value is -0.340. The van der Waals surface area contributed by atoms with Crippen LogP contribution in [0.5, 0.6) is 0 Å². The van der Waals surface area contributed by atoms with E-state index < -0.39 is 11.7 Å².